The van der Waals surface area contributed by atoms with Gasteiger partial charge in [-0.05, 0) is 52.0 Å². The Balaban J connectivity index is 2.52. The number of nitrogens with zero attached hydrogens (tertiary/aromatic N) is 2. The van der Waals surface area contributed by atoms with E-state index in [1.807, 2.05) is 12.1 Å². The zero-order valence-electron chi connectivity index (χ0n) is 13.1. The van der Waals surface area contributed by atoms with Crippen LogP contribution in [0, 0.1) is 0 Å². The minimum atomic E-state index is 0.0804. The molecule has 0 aromatic heterocycles. The number of benzene rings is 1. The Kier molecular flexibility index (Phi) is 3.12. The van der Waals surface area contributed by atoms with Gasteiger partial charge in [0, 0.05) is 0 Å². The SMILES string of the molecule is COc1ccc(C2=[N+](C)C(C)(C)C(C)(C)N2C)cc1. The highest BCUT2D eigenvalue weighted by molar-refractivity contribution is 5.96. The first-order valence-electron chi connectivity index (χ1n) is 6.72. The fourth-order valence-electron chi connectivity index (χ4n) is 2.70. The Morgan fingerprint density at radius 2 is 1.58 bits per heavy atom. The van der Waals surface area contributed by atoms with Gasteiger partial charge in [-0.15, -0.1) is 0 Å². The molecule has 0 aliphatic carbocycles. The molecule has 1 heterocycles. The molecule has 0 bridgehead atoms. The number of amidine groups is 1. The minimum Gasteiger partial charge on any atom is -0.497 e. The molecule has 0 unspecified atom stereocenters. The van der Waals surface area contributed by atoms with Crippen LogP contribution in [0.25, 0.3) is 0 Å². The molecule has 1 aromatic rings. The third-order valence-electron chi connectivity index (χ3n) is 5.16. The molecule has 0 fully saturated rings. The van der Waals surface area contributed by atoms with Gasteiger partial charge in [-0.1, -0.05) is 0 Å². The fraction of sp³-hybridized carbons (Fsp3) is 0.562. The van der Waals surface area contributed by atoms with Gasteiger partial charge >= 0.3 is 0 Å². The van der Waals surface area contributed by atoms with E-state index < -0.39 is 0 Å². The van der Waals surface area contributed by atoms with Crippen LogP contribution in [0.4, 0.5) is 0 Å². The summed E-state index contributed by atoms with van der Waals surface area (Å²) in [4.78, 5) is 2.37. The first-order chi connectivity index (χ1) is 8.73. The van der Waals surface area contributed by atoms with Crippen LogP contribution in [0.2, 0.25) is 0 Å². The van der Waals surface area contributed by atoms with Crippen molar-refractivity contribution in [3.8, 4) is 5.75 Å². The lowest BCUT2D eigenvalue weighted by atomic mass is 9.83. The van der Waals surface area contributed by atoms with Crippen molar-refractivity contribution >= 4 is 5.84 Å². The highest BCUT2D eigenvalue weighted by Crippen LogP contribution is 2.36. The summed E-state index contributed by atoms with van der Waals surface area (Å²) < 4.78 is 7.60. The van der Waals surface area contributed by atoms with E-state index in [-0.39, 0.29) is 11.1 Å². The lowest BCUT2D eigenvalue weighted by Gasteiger charge is -2.34. The molecule has 19 heavy (non-hydrogen) atoms. The number of methoxy groups -OCH3 is 1. The Morgan fingerprint density at radius 3 is 1.95 bits per heavy atom. The van der Waals surface area contributed by atoms with Crippen LogP contribution in [-0.2, 0) is 0 Å². The van der Waals surface area contributed by atoms with Crippen LogP contribution in [0.1, 0.15) is 33.3 Å². The standard InChI is InChI=1S/C16H25N2O/c1-15(2)16(3,4)18(6)14(17(15)5)12-8-10-13(19-7)11-9-12/h8-11H,1-7H3/q+1. The van der Waals surface area contributed by atoms with Crippen molar-refractivity contribution in [2.75, 3.05) is 21.2 Å². The number of rotatable bonds is 2. The quantitative estimate of drug-likeness (QED) is 0.760. The third kappa shape index (κ3) is 1.83. The Bertz CT molecular complexity index is 512. The molecule has 0 amide bonds. The van der Waals surface area contributed by atoms with E-state index in [9.17, 15) is 0 Å². The molecule has 0 spiro atoms. The van der Waals surface area contributed by atoms with Crippen LogP contribution < -0.4 is 4.74 Å². The van der Waals surface area contributed by atoms with E-state index in [2.05, 4.69) is 63.4 Å². The molecule has 0 saturated heterocycles. The summed E-state index contributed by atoms with van der Waals surface area (Å²) >= 11 is 0. The number of hydrogen-bond acceptors (Lipinski definition) is 2. The van der Waals surface area contributed by atoms with Gasteiger partial charge in [0.1, 0.15) is 16.8 Å². The topological polar surface area (TPSA) is 15.5 Å². The summed E-state index contributed by atoms with van der Waals surface area (Å²) in [5.74, 6) is 2.16. The van der Waals surface area contributed by atoms with E-state index in [1.54, 1.807) is 7.11 Å². The normalized spacial score (nSPS) is 20.9. The first-order valence-corrected chi connectivity index (χ1v) is 6.72. The largest absolute Gasteiger partial charge is 0.497 e. The predicted molar refractivity (Wildman–Crippen MR) is 79.2 cm³/mol. The lowest BCUT2D eigenvalue weighted by Crippen LogP contribution is -2.53. The summed E-state index contributed by atoms with van der Waals surface area (Å²) in [5, 5.41) is 0. The van der Waals surface area contributed by atoms with E-state index in [4.69, 9.17) is 4.74 Å². The van der Waals surface area contributed by atoms with Crippen molar-refractivity contribution in [1.82, 2.24) is 4.90 Å². The maximum Gasteiger partial charge on any atom is 0.279 e. The number of hydrogen-bond donors (Lipinski definition) is 0. The molecular weight excluding hydrogens is 236 g/mol. The van der Waals surface area contributed by atoms with Crippen LogP contribution >= 0.6 is 0 Å². The molecule has 3 heteroatoms. The van der Waals surface area contributed by atoms with Crippen LogP contribution in [0.3, 0.4) is 0 Å². The molecule has 1 aromatic carbocycles. The second-order valence-electron chi connectivity index (χ2n) is 6.29. The second kappa shape index (κ2) is 4.26. The van der Waals surface area contributed by atoms with Crippen LogP contribution in [0.5, 0.6) is 5.75 Å². The molecule has 0 N–H and O–H groups in total. The van der Waals surface area contributed by atoms with Gasteiger partial charge in [0.2, 0.25) is 0 Å². The van der Waals surface area contributed by atoms with Gasteiger partial charge in [0.05, 0.1) is 26.8 Å². The van der Waals surface area contributed by atoms with E-state index in [0.29, 0.717) is 0 Å². The summed E-state index contributed by atoms with van der Waals surface area (Å²) in [6.07, 6.45) is 0. The van der Waals surface area contributed by atoms with Gasteiger partial charge in [-0.3, -0.25) is 9.48 Å². The van der Waals surface area contributed by atoms with Crippen molar-refractivity contribution in [2.24, 2.45) is 0 Å². The van der Waals surface area contributed by atoms with Gasteiger partial charge in [0.25, 0.3) is 5.84 Å². The van der Waals surface area contributed by atoms with Crippen LogP contribution in [-0.4, -0.2) is 47.6 Å². The van der Waals surface area contributed by atoms with Crippen LogP contribution in [0.15, 0.2) is 24.3 Å². The predicted octanol–water partition coefficient (Wildman–Crippen LogP) is 2.59. The first kappa shape index (κ1) is 13.9. The Labute approximate surface area is 116 Å². The molecule has 0 radical (unpaired) electrons. The van der Waals surface area contributed by atoms with Gasteiger partial charge < -0.3 is 4.74 Å². The average Bonchev–Trinajstić information content (AvgIpc) is 2.49. The average molecular weight is 261 g/mol. The minimum absolute atomic E-state index is 0.0804. The van der Waals surface area contributed by atoms with Gasteiger partial charge in [0.15, 0.2) is 0 Å². The zero-order valence-corrected chi connectivity index (χ0v) is 13.1. The van der Waals surface area contributed by atoms with E-state index in [1.165, 1.54) is 11.4 Å². The number of likely N-dealkylation sites (N-methyl/N-ethyl adjacent to an activating group) is 2. The summed E-state index contributed by atoms with van der Waals surface area (Å²) in [6.45, 7) is 9.17. The van der Waals surface area contributed by atoms with Crippen molar-refractivity contribution in [1.29, 1.82) is 0 Å². The smallest absolute Gasteiger partial charge is 0.279 e. The van der Waals surface area contributed by atoms with Crippen molar-refractivity contribution < 1.29 is 9.31 Å². The van der Waals surface area contributed by atoms with Crippen molar-refractivity contribution in [3.05, 3.63) is 29.8 Å². The Morgan fingerprint density at radius 1 is 1.05 bits per heavy atom. The lowest BCUT2D eigenvalue weighted by molar-refractivity contribution is -0.573. The Hall–Kier alpha value is -1.51. The second-order valence-corrected chi connectivity index (χ2v) is 6.29. The van der Waals surface area contributed by atoms with E-state index >= 15 is 0 Å². The molecule has 1 aliphatic rings. The summed E-state index contributed by atoms with van der Waals surface area (Å²) in [5.41, 5.74) is 1.39. The molecule has 104 valence electrons. The molecule has 0 atom stereocenters. The number of ether oxygens (including phenoxy) is 1. The van der Waals surface area contributed by atoms with E-state index in [0.717, 1.165) is 5.75 Å². The molecule has 1 aliphatic heterocycles. The maximum atomic E-state index is 5.23. The molecule has 2 rings (SSSR count). The maximum absolute atomic E-state index is 5.23. The highest BCUT2D eigenvalue weighted by Gasteiger charge is 2.56. The summed E-state index contributed by atoms with van der Waals surface area (Å²) in [6, 6.07) is 8.28. The molecule has 0 saturated carbocycles. The van der Waals surface area contributed by atoms with Gasteiger partial charge in [-0.25, -0.2) is 0 Å². The van der Waals surface area contributed by atoms with Crippen molar-refractivity contribution in [3.63, 3.8) is 0 Å². The third-order valence-corrected chi connectivity index (χ3v) is 5.16. The zero-order chi connectivity index (χ0) is 14.4. The summed E-state index contributed by atoms with van der Waals surface area (Å²) in [7, 11) is 6.04. The monoisotopic (exact) mass is 261 g/mol. The highest BCUT2D eigenvalue weighted by atomic mass is 16.5. The van der Waals surface area contributed by atoms with Crippen molar-refractivity contribution in [2.45, 2.75) is 38.8 Å². The molecular formula is C16H25N2O+. The van der Waals surface area contributed by atoms with Gasteiger partial charge in [-0.2, -0.15) is 0 Å². The molecule has 3 nitrogen and oxygen atoms in total. The fourth-order valence-corrected chi connectivity index (χ4v) is 2.70.